The van der Waals surface area contributed by atoms with E-state index < -0.39 is 0 Å². The van der Waals surface area contributed by atoms with Gasteiger partial charge in [0.05, 0.1) is 12.7 Å². The zero-order chi connectivity index (χ0) is 13.7. The lowest BCUT2D eigenvalue weighted by Gasteiger charge is -2.32. The fourth-order valence-corrected chi connectivity index (χ4v) is 2.41. The maximum atomic E-state index is 11.8. The number of amides is 1. The van der Waals surface area contributed by atoms with Crippen LogP contribution in [0.4, 0.5) is 0 Å². The van der Waals surface area contributed by atoms with Gasteiger partial charge in [-0.05, 0) is 24.6 Å². The standard InChI is InChI=1S/C15H18ClNO2/c1-2-5-15(18)17-8-9-19-13(11-17)10-12-6-3-4-7-14(12)16/h2-7,13H,8-11H2,1H3/b5-2+. The predicted octanol–water partition coefficient (Wildman–Crippen LogP) is 2.69. The largest absolute Gasteiger partial charge is 0.374 e. The van der Waals surface area contributed by atoms with E-state index in [1.807, 2.05) is 36.1 Å². The van der Waals surface area contributed by atoms with Crippen LogP contribution in [0.3, 0.4) is 0 Å². The van der Waals surface area contributed by atoms with Gasteiger partial charge in [-0.2, -0.15) is 0 Å². The molecule has 19 heavy (non-hydrogen) atoms. The van der Waals surface area contributed by atoms with Crippen LogP contribution in [0.1, 0.15) is 12.5 Å². The van der Waals surface area contributed by atoms with E-state index in [1.165, 1.54) is 0 Å². The van der Waals surface area contributed by atoms with Crippen LogP contribution in [-0.4, -0.2) is 36.6 Å². The summed E-state index contributed by atoms with van der Waals surface area (Å²) in [5, 5.41) is 0.753. The highest BCUT2D eigenvalue weighted by Crippen LogP contribution is 2.19. The number of hydrogen-bond acceptors (Lipinski definition) is 2. The van der Waals surface area contributed by atoms with Crippen LogP contribution in [0, 0.1) is 0 Å². The first-order chi connectivity index (χ1) is 9.20. The second-order valence-electron chi connectivity index (χ2n) is 4.57. The molecular weight excluding hydrogens is 262 g/mol. The number of halogens is 1. The Morgan fingerprint density at radius 3 is 3.05 bits per heavy atom. The Hall–Kier alpha value is -1.32. The minimum atomic E-state index is 0.0165. The zero-order valence-electron chi connectivity index (χ0n) is 11.0. The summed E-state index contributed by atoms with van der Waals surface area (Å²) in [4.78, 5) is 13.6. The van der Waals surface area contributed by atoms with Crippen LogP contribution in [0.25, 0.3) is 0 Å². The second-order valence-corrected chi connectivity index (χ2v) is 4.98. The van der Waals surface area contributed by atoms with Crippen molar-refractivity contribution in [2.75, 3.05) is 19.7 Å². The number of hydrogen-bond donors (Lipinski definition) is 0. The number of nitrogens with zero attached hydrogens (tertiary/aromatic N) is 1. The molecule has 0 bridgehead atoms. The summed E-state index contributed by atoms with van der Waals surface area (Å²) < 4.78 is 5.72. The molecule has 3 nitrogen and oxygen atoms in total. The van der Waals surface area contributed by atoms with Gasteiger partial charge in [-0.3, -0.25) is 4.79 Å². The maximum absolute atomic E-state index is 11.8. The molecule has 1 fully saturated rings. The number of morpholine rings is 1. The van der Waals surface area contributed by atoms with E-state index in [9.17, 15) is 4.79 Å². The molecule has 0 saturated carbocycles. The van der Waals surface area contributed by atoms with E-state index in [4.69, 9.17) is 16.3 Å². The Kier molecular flexibility index (Phi) is 5.00. The van der Waals surface area contributed by atoms with E-state index >= 15 is 0 Å². The van der Waals surface area contributed by atoms with Crippen molar-refractivity contribution in [3.63, 3.8) is 0 Å². The van der Waals surface area contributed by atoms with Crippen molar-refractivity contribution in [2.45, 2.75) is 19.4 Å². The molecule has 1 saturated heterocycles. The lowest BCUT2D eigenvalue weighted by Crippen LogP contribution is -2.45. The molecule has 1 aromatic rings. The molecule has 1 atom stereocenters. The van der Waals surface area contributed by atoms with E-state index in [0.29, 0.717) is 19.7 Å². The minimum Gasteiger partial charge on any atom is -0.374 e. The van der Waals surface area contributed by atoms with Crippen LogP contribution in [0.15, 0.2) is 36.4 Å². The van der Waals surface area contributed by atoms with Gasteiger partial charge in [0.25, 0.3) is 0 Å². The Morgan fingerprint density at radius 2 is 2.32 bits per heavy atom. The normalized spacial score (nSPS) is 19.9. The molecule has 1 aromatic carbocycles. The Balaban J connectivity index is 1.98. The molecule has 0 N–H and O–H groups in total. The Morgan fingerprint density at radius 1 is 1.53 bits per heavy atom. The first-order valence-electron chi connectivity index (χ1n) is 6.47. The van der Waals surface area contributed by atoms with Crippen molar-refractivity contribution < 1.29 is 9.53 Å². The molecule has 0 radical (unpaired) electrons. The third-order valence-electron chi connectivity index (χ3n) is 3.17. The number of carbonyl (C=O) groups is 1. The van der Waals surface area contributed by atoms with Gasteiger partial charge in [-0.15, -0.1) is 0 Å². The average Bonchev–Trinajstić information content (AvgIpc) is 2.42. The molecular formula is C15H18ClNO2. The van der Waals surface area contributed by atoms with Gasteiger partial charge in [0.15, 0.2) is 0 Å². The highest BCUT2D eigenvalue weighted by atomic mass is 35.5. The monoisotopic (exact) mass is 279 g/mol. The maximum Gasteiger partial charge on any atom is 0.246 e. The van der Waals surface area contributed by atoms with E-state index in [2.05, 4.69) is 0 Å². The zero-order valence-corrected chi connectivity index (χ0v) is 11.8. The molecule has 4 heteroatoms. The summed E-state index contributed by atoms with van der Waals surface area (Å²) in [6.07, 6.45) is 4.11. The van der Waals surface area contributed by atoms with Crippen molar-refractivity contribution in [1.82, 2.24) is 4.90 Å². The number of allylic oxidation sites excluding steroid dienone is 1. The highest BCUT2D eigenvalue weighted by molar-refractivity contribution is 6.31. The number of benzene rings is 1. The van der Waals surface area contributed by atoms with Gasteiger partial charge >= 0.3 is 0 Å². The number of carbonyl (C=O) groups excluding carboxylic acids is 1. The number of rotatable bonds is 3. The van der Waals surface area contributed by atoms with Crippen LogP contribution < -0.4 is 0 Å². The predicted molar refractivity (Wildman–Crippen MR) is 76.3 cm³/mol. The Labute approximate surface area is 118 Å². The van der Waals surface area contributed by atoms with Gasteiger partial charge in [0.2, 0.25) is 5.91 Å². The Bertz CT molecular complexity index is 473. The summed E-state index contributed by atoms with van der Waals surface area (Å²) in [7, 11) is 0. The second kappa shape index (κ2) is 6.73. The summed E-state index contributed by atoms with van der Waals surface area (Å²) in [5.74, 6) is 0.0509. The van der Waals surface area contributed by atoms with Crippen LogP contribution in [0.5, 0.6) is 0 Å². The van der Waals surface area contributed by atoms with Gasteiger partial charge in [-0.25, -0.2) is 0 Å². The highest BCUT2D eigenvalue weighted by Gasteiger charge is 2.23. The summed E-state index contributed by atoms with van der Waals surface area (Å²) in [5.41, 5.74) is 1.06. The van der Waals surface area contributed by atoms with Crippen LogP contribution >= 0.6 is 11.6 Å². The van der Waals surface area contributed by atoms with E-state index in [-0.39, 0.29) is 12.0 Å². The molecule has 102 valence electrons. The SMILES string of the molecule is C/C=C/C(=O)N1CCOC(Cc2ccccc2Cl)C1. The molecule has 1 aliphatic rings. The number of ether oxygens (including phenoxy) is 1. The third-order valence-corrected chi connectivity index (χ3v) is 3.53. The first kappa shape index (κ1) is 14.1. The van der Waals surface area contributed by atoms with E-state index in [0.717, 1.165) is 17.0 Å². The van der Waals surface area contributed by atoms with Gasteiger partial charge < -0.3 is 9.64 Å². The van der Waals surface area contributed by atoms with Gasteiger partial charge in [0.1, 0.15) is 0 Å². The first-order valence-corrected chi connectivity index (χ1v) is 6.85. The average molecular weight is 280 g/mol. The fourth-order valence-electron chi connectivity index (χ4n) is 2.20. The van der Waals surface area contributed by atoms with Crippen molar-refractivity contribution >= 4 is 17.5 Å². The van der Waals surface area contributed by atoms with Crippen molar-refractivity contribution in [1.29, 1.82) is 0 Å². The lowest BCUT2D eigenvalue weighted by molar-refractivity contribution is -0.133. The fraction of sp³-hybridized carbons (Fsp3) is 0.400. The quantitative estimate of drug-likeness (QED) is 0.796. The molecule has 1 aliphatic heterocycles. The van der Waals surface area contributed by atoms with Gasteiger partial charge in [0, 0.05) is 24.5 Å². The molecule has 2 rings (SSSR count). The molecule has 0 aromatic heterocycles. The molecule has 0 aliphatic carbocycles. The summed E-state index contributed by atoms with van der Waals surface area (Å²) >= 11 is 6.14. The topological polar surface area (TPSA) is 29.5 Å². The molecule has 1 heterocycles. The van der Waals surface area contributed by atoms with E-state index in [1.54, 1.807) is 12.2 Å². The smallest absolute Gasteiger partial charge is 0.246 e. The summed E-state index contributed by atoms with van der Waals surface area (Å²) in [6, 6.07) is 7.75. The molecule has 1 amide bonds. The molecule has 1 unspecified atom stereocenters. The van der Waals surface area contributed by atoms with Crippen molar-refractivity contribution in [2.24, 2.45) is 0 Å². The van der Waals surface area contributed by atoms with Crippen LogP contribution in [0.2, 0.25) is 5.02 Å². The minimum absolute atomic E-state index is 0.0165. The van der Waals surface area contributed by atoms with Crippen LogP contribution in [-0.2, 0) is 16.0 Å². The van der Waals surface area contributed by atoms with Crippen molar-refractivity contribution in [3.05, 3.63) is 47.0 Å². The lowest BCUT2D eigenvalue weighted by atomic mass is 10.1. The third kappa shape index (κ3) is 3.82. The summed E-state index contributed by atoms with van der Waals surface area (Å²) in [6.45, 7) is 3.70. The van der Waals surface area contributed by atoms with Crippen molar-refractivity contribution in [3.8, 4) is 0 Å². The molecule has 0 spiro atoms. The van der Waals surface area contributed by atoms with Gasteiger partial charge in [-0.1, -0.05) is 35.9 Å².